The molecule has 1 N–H and O–H groups in total. The minimum atomic E-state index is -0.452. The number of amides is 1. The lowest BCUT2D eigenvalue weighted by molar-refractivity contribution is 0.0226. The van der Waals surface area contributed by atoms with Gasteiger partial charge in [-0.05, 0) is 45.7 Å². The number of carbonyl (C=O) groups excluding carboxylic acids is 1. The molecule has 3 rings (SSSR count). The van der Waals surface area contributed by atoms with Gasteiger partial charge in [-0.1, -0.05) is 18.2 Å². The minimum Gasteiger partial charge on any atom is -0.460 e. The first-order valence-corrected chi connectivity index (χ1v) is 8.60. The van der Waals surface area contributed by atoms with Crippen molar-refractivity contribution in [3.63, 3.8) is 0 Å². The van der Waals surface area contributed by atoms with E-state index in [0.29, 0.717) is 6.54 Å². The average molecular weight is 330 g/mol. The van der Waals surface area contributed by atoms with Crippen LogP contribution < -0.4 is 5.32 Å². The summed E-state index contributed by atoms with van der Waals surface area (Å²) >= 11 is 0. The molecule has 1 aliphatic heterocycles. The molecule has 0 saturated carbocycles. The standard InChI is InChI=1S/C19H26N2O3/c1-19(2,3)24-18(22)21-10-6-8-15(21)12-20-13-16-11-14-7-4-5-9-17(14)23-16/h4-5,7,9,11,15,20H,6,8,10,12-13H2,1-3H3. The number of para-hydroxylation sites is 1. The highest BCUT2D eigenvalue weighted by Gasteiger charge is 2.31. The van der Waals surface area contributed by atoms with Crippen LogP contribution in [0.3, 0.4) is 0 Å². The number of furan rings is 1. The minimum absolute atomic E-state index is 0.184. The Balaban J connectivity index is 1.52. The second kappa shape index (κ2) is 6.85. The fraction of sp³-hybridized carbons (Fsp3) is 0.526. The van der Waals surface area contributed by atoms with Gasteiger partial charge in [0.15, 0.2) is 0 Å². The lowest BCUT2D eigenvalue weighted by Gasteiger charge is -2.28. The molecule has 1 saturated heterocycles. The first-order chi connectivity index (χ1) is 11.4. The Morgan fingerprint density at radius 2 is 2.17 bits per heavy atom. The number of nitrogens with one attached hydrogen (secondary N) is 1. The predicted octanol–water partition coefficient (Wildman–Crippen LogP) is 3.92. The highest BCUT2D eigenvalue weighted by molar-refractivity contribution is 5.77. The summed E-state index contributed by atoms with van der Waals surface area (Å²) in [6.45, 7) is 7.87. The highest BCUT2D eigenvalue weighted by atomic mass is 16.6. The largest absolute Gasteiger partial charge is 0.460 e. The molecule has 0 spiro atoms. The van der Waals surface area contributed by atoms with E-state index in [1.807, 2.05) is 49.9 Å². The van der Waals surface area contributed by atoms with Gasteiger partial charge in [0.05, 0.1) is 6.54 Å². The van der Waals surface area contributed by atoms with E-state index < -0.39 is 5.60 Å². The van der Waals surface area contributed by atoms with Crippen molar-refractivity contribution in [1.82, 2.24) is 10.2 Å². The van der Waals surface area contributed by atoms with E-state index in [9.17, 15) is 4.79 Å². The monoisotopic (exact) mass is 330 g/mol. The Morgan fingerprint density at radius 1 is 1.38 bits per heavy atom. The summed E-state index contributed by atoms with van der Waals surface area (Å²) in [5.74, 6) is 0.915. The first kappa shape index (κ1) is 16.8. The van der Waals surface area contributed by atoms with Crippen molar-refractivity contribution in [2.45, 2.75) is 51.8 Å². The number of likely N-dealkylation sites (tertiary alicyclic amines) is 1. The van der Waals surface area contributed by atoms with Crippen LogP contribution >= 0.6 is 0 Å². The lowest BCUT2D eigenvalue weighted by atomic mass is 10.2. The van der Waals surface area contributed by atoms with Crippen LogP contribution in [0, 0.1) is 0 Å². The van der Waals surface area contributed by atoms with Gasteiger partial charge in [-0.25, -0.2) is 4.79 Å². The molecule has 1 aromatic carbocycles. The van der Waals surface area contributed by atoms with Gasteiger partial charge in [-0.2, -0.15) is 0 Å². The topological polar surface area (TPSA) is 54.7 Å². The summed E-state index contributed by atoms with van der Waals surface area (Å²) in [7, 11) is 0. The van der Waals surface area contributed by atoms with Crippen LogP contribution in [-0.2, 0) is 11.3 Å². The fourth-order valence-corrected chi connectivity index (χ4v) is 3.09. The van der Waals surface area contributed by atoms with Gasteiger partial charge in [0, 0.05) is 24.5 Å². The van der Waals surface area contributed by atoms with E-state index in [0.717, 1.165) is 42.7 Å². The summed E-state index contributed by atoms with van der Waals surface area (Å²) in [6.07, 6.45) is 1.82. The van der Waals surface area contributed by atoms with Crippen LogP contribution in [0.5, 0.6) is 0 Å². The number of ether oxygens (including phenoxy) is 1. The van der Waals surface area contributed by atoms with Crippen LogP contribution in [0.25, 0.3) is 11.0 Å². The maximum Gasteiger partial charge on any atom is 0.410 e. The SMILES string of the molecule is CC(C)(C)OC(=O)N1CCCC1CNCc1cc2ccccc2o1. The smallest absolute Gasteiger partial charge is 0.410 e. The van der Waals surface area contributed by atoms with Gasteiger partial charge in [0.2, 0.25) is 0 Å². The van der Waals surface area contributed by atoms with E-state index in [-0.39, 0.29) is 12.1 Å². The molecule has 1 unspecified atom stereocenters. The molecule has 0 aliphatic carbocycles. The number of nitrogens with zero attached hydrogens (tertiary/aromatic N) is 1. The molecule has 5 heteroatoms. The number of fused-ring (bicyclic) bond motifs is 1. The molecule has 1 aliphatic rings. The molecule has 1 fully saturated rings. The predicted molar refractivity (Wildman–Crippen MR) is 93.9 cm³/mol. The van der Waals surface area contributed by atoms with Gasteiger partial charge in [-0.3, -0.25) is 0 Å². The molecule has 24 heavy (non-hydrogen) atoms. The van der Waals surface area contributed by atoms with Crippen molar-refractivity contribution < 1.29 is 13.9 Å². The number of hydrogen-bond donors (Lipinski definition) is 1. The Bertz CT molecular complexity index is 669. The number of carbonyl (C=O) groups is 1. The van der Waals surface area contributed by atoms with Crippen molar-refractivity contribution in [3.05, 3.63) is 36.1 Å². The quantitative estimate of drug-likeness (QED) is 0.923. The van der Waals surface area contributed by atoms with Gasteiger partial charge in [0.1, 0.15) is 16.9 Å². The summed E-state index contributed by atoms with van der Waals surface area (Å²) in [5, 5.41) is 4.53. The van der Waals surface area contributed by atoms with E-state index in [4.69, 9.17) is 9.15 Å². The fourth-order valence-electron chi connectivity index (χ4n) is 3.09. The van der Waals surface area contributed by atoms with Crippen molar-refractivity contribution in [3.8, 4) is 0 Å². The zero-order valence-electron chi connectivity index (χ0n) is 14.7. The molecule has 130 valence electrons. The molecule has 0 bridgehead atoms. The molecule has 1 aromatic heterocycles. The second-order valence-electron chi connectivity index (χ2n) is 7.35. The Kier molecular flexibility index (Phi) is 4.81. The second-order valence-corrected chi connectivity index (χ2v) is 7.35. The zero-order chi connectivity index (χ0) is 17.2. The Hall–Kier alpha value is -2.01. The maximum atomic E-state index is 12.3. The highest BCUT2D eigenvalue weighted by Crippen LogP contribution is 2.21. The Morgan fingerprint density at radius 3 is 2.92 bits per heavy atom. The normalized spacial score (nSPS) is 18.3. The van der Waals surface area contributed by atoms with Gasteiger partial charge in [-0.15, -0.1) is 0 Å². The maximum absolute atomic E-state index is 12.3. The molecular formula is C19H26N2O3. The van der Waals surface area contributed by atoms with E-state index >= 15 is 0 Å². The van der Waals surface area contributed by atoms with Gasteiger partial charge < -0.3 is 19.4 Å². The van der Waals surface area contributed by atoms with Crippen LogP contribution in [0.4, 0.5) is 4.79 Å². The molecular weight excluding hydrogens is 304 g/mol. The molecule has 2 aromatic rings. The van der Waals surface area contributed by atoms with Crippen LogP contribution in [-0.4, -0.2) is 35.7 Å². The molecule has 5 nitrogen and oxygen atoms in total. The van der Waals surface area contributed by atoms with Crippen molar-refractivity contribution in [2.75, 3.05) is 13.1 Å². The van der Waals surface area contributed by atoms with Crippen LogP contribution in [0.1, 0.15) is 39.4 Å². The molecule has 1 amide bonds. The number of hydrogen-bond acceptors (Lipinski definition) is 4. The lowest BCUT2D eigenvalue weighted by Crippen LogP contribution is -2.43. The van der Waals surface area contributed by atoms with E-state index in [1.165, 1.54) is 0 Å². The summed E-state index contributed by atoms with van der Waals surface area (Å²) in [5.41, 5.74) is 0.455. The van der Waals surface area contributed by atoms with Crippen molar-refractivity contribution >= 4 is 17.1 Å². The summed E-state index contributed by atoms with van der Waals surface area (Å²) < 4.78 is 11.3. The van der Waals surface area contributed by atoms with Crippen molar-refractivity contribution in [1.29, 1.82) is 0 Å². The Labute approximate surface area is 143 Å². The third-order valence-corrected chi connectivity index (χ3v) is 4.16. The van der Waals surface area contributed by atoms with Crippen molar-refractivity contribution in [2.24, 2.45) is 0 Å². The first-order valence-electron chi connectivity index (χ1n) is 8.60. The molecule has 0 radical (unpaired) electrons. The summed E-state index contributed by atoms with van der Waals surface area (Å²) in [6, 6.07) is 10.2. The van der Waals surface area contributed by atoms with Crippen LogP contribution in [0.15, 0.2) is 34.7 Å². The van der Waals surface area contributed by atoms with Gasteiger partial charge >= 0.3 is 6.09 Å². The number of rotatable bonds is 4. The van der Waals surface area contributed by atoms with E-state index in [2.05, 4.69) is 11.4 Å². The average Bonchev–Trinajstić information content (AvgIpc) is 3.11. The third kappa shape index (κ3) is 4.09. The molecule has 1 atom stereocenters. The van der Waals surface area contributed by atoms with Crippen LogP contribution in [0.2, 0.25) is 0 Å². The third-order valence-electron chi connectivity index (χ3n) is 4.16. The molecule has 2 heterocycles. The van der Waals surface area contributed by atoms with E-state index in [1.54, 1.807) is 0 Å². The van der Waals surface area contributed by atoms with Gasteiger partial charge in [0.25, 0.3) is 0 Å². The zero-order valence-corrected chi connectivity index (χ0v) is 14.7. The summed E-state index contributed by atoms with van der Waals surface area (Å²) in [4.78, 5) is 14.1. The number of benzene rings is 1.